The molecule has 82 valence electrons. The summed E-state index contributed by atoms with van der Waals surface area (Å²) in [5.41, 5.74) is 6.97. The Balaban J connectivity index is 2.12. The summed E-state index contributed by atoms with van der Waals surface area (Å²) in [5, 5.41) is 0. The van der Waals surface area contributed by atoms with Gasteiger partial charge < -0.3 is 10.5 Å². The molecule has 1 aliphatic rings. The van der Waals surface area contributed by atoms with Crippen molar-refractivity contribution in [1.29, 1.82) is 0 Å². The van der Waals surface area contributed by atoms with Crippen LogP contribution in [-0.2, 0) is 0 Å². The van der Waals surface area contributed by atoms with Crippen molar-refractivity contribution in [3.05, 3.63) is 29.8 Å². The van der Waals surface area contributed by atoms with Crippen molar-refractivity contribution < 1.29 is 4.74 Å². The quantitative estimate of drug-likeness (QED) is 0.823. The molecule has 2 rings (SSSR count). The van der Waals surface area contributed by atoms with Gasteiger partial charge in [-0.2, -0.15) is 0 Å². The summed E-state index contributed by atoms with van der Waals surface area (Å²) in [4.78, 5) is 0. The van der Waals surface area contributed by atoms with Crippen molar-refractivity contribution in [3.8, 4) is 5.75 Å². The second-order valence-electron chi connectivity index (χ2n) is 4.51. The Labute approximate surface area is 91.4 Å². The van der Waals surface area contributed by atoms with Gasteiger partial charge in [-0.3, -0.25) is 0 Å². The van der Waals surface area contributed by atoms with Gasteiger partial charge in [0.05, 0.1) is 0 Å². The molecule has 0 aliphatic heterocycles. The summed E-state index contributed by atoms with van der Waals surface area (Å²) in [5.74, 6) is 0.961. The van der Waals surface area contributed by atoms with Gasteiger partial charge in [0.25, 0.3) is 0 Å². The van der Waals surface area contributed by atoms with Crippen LogP contribution in [0.25, 0.3) is 0 Å². The molecule has 0 saturated heterocycles. The third kappa shape index (κ3) is 2.32. The van der Waals surface area contributed by atoms with E-state index in [1.807, 2.05) is 12.1 Å². The fourth-order valence-corrected chi connectivity index (χ4v) is 2.30. The van der Waals surface area contributed by atoms with Crippen LogP contribution in [0.5, 0.6) is 5.75 Å². The van der Waals surface area contributed by atoms with E-state index >= 15 is 0 Å². The highest BCUT2D eigenvalue weighted by Crippen LogP contribution is 2.33. The van der Waals surface area contributed by atoms with E-state index < -0.39 is 0 Å². The van der Waals surface area contributed by atoms with E-state index in [4.69, 9.17) is 10.5 Å². The van der Waals surface area contributed by atoms with Crippen LogP contribution in [0.1, 0.15) is 31.2 Å². The van der Waals surface area contributed by atoms with Crippen LogP contribution in [0.2, 0.25) is 0 Å². The molecule has 1 fully saturated rings. The van der Waals surface area contributed by atoms with Gasteiger partial charge in [-0.05, 0) is 50.3 Å². The highest BCUT2D eigenvalue weighted by molar-refractivity contribution is 5.28. The number of aryl methyl sites for hydroxylation is 1. The molecule has 2 N–H and O–H groups in total. The molecule has 0 atom stereocenters. The molecule has 2 heteroatoms. The molecular formula is C13H19NO. The van der Waals surface area contributed by atoms with Gasteiger partial charge in [0.2, 0.25) is 0 Å². The number of rotatable bonds is 3. The summed E-state index contributed by atoms with van der Waals surface area (Å²) in [7, 11) is 0. The molecule has 0 bridgehead atoms. The Morgan fingerprint density at radius 2 is 2.07 bits per heavy atom. The first-order chi connectivity index (χ1) is 7.24. The molecular weight excluding hydrogens is 186 g/mol. The van der Waals surface area contributed by atoms with Gasteiger partial charge in [-0.15, -0.1) is 0 Å². The first-order valence-corrected chi connectivity index (χ1v) is 5.70. The number of ether oxygens (including phenoxy) is 1. The van der Waals surface area contributed by atoms with Crippen molar-refractivity contribution in [3.63, 3.8) is 0 Å². The molecule has 0 spiro atoms. The zero-order chi connectivity index (χ0) is 10.7. The molecule has 0 amide bonds. The number of hydrogen-bond donors (Lipinski definition) is 1. The van der Waals surface area contributed by atoms with Crippen LogP contribution in [0.4, 0.5) is 0 Å². The summed E-state index contributed by atoms with van der Waals surface area (Å²) in [6.07, 6.45) is 4.67. The lowest BCUT2D eigenvalue weighted by atomic mass is 10.0. The molecule has 1 aromatic rings. The highest BCUT2D eigenvalue weighted by Gasteiger charge is 2.34. The molecule has 1 saturated carbocycles. The third-order valence-corrected chi connectivity index (χ3v) is 3.21. The normalized spacial score (nSPS) is 19.1. The monoisotopic (exact) mass is 205 g/mol. The van der Waals surface area contributed by atoms with E-state index in [-0.39, 0.29) is 5.60 Å². The Morgan fingerprint density at radius 1 is 1.33 bits per heavy atom. The predicted molar refractivity (Wildman–Crippen MR) is 62.1 cm³/mol. The lowest BCUT2D eigenvalue weighted by Gasteiger charge is -2.28. The summed E-state index contributed by atoms with van der Waals surface area (Å²) >= 11 is 0. The van der Waals surface area contributed by atoms with Crippen molar-refractivity contribution in [2.75, 3.05) is 6.54 Å². The molecule has 0 radical (unpaired) electrons. The van der Waals surface area contributed by atoms with Crippen LogP contribution >= 0.6 is 0 Å². The third-order valence-electron chi connectivity index (χ3n) is 3.21. The van der Waals surface area contributed by atoms with Crippen molar-refractivity contribution in [2.24, 2.45) is 5.73 Å². The fourth-order valence-electron chi connectivity index (χ4n) is 2.30. The predicted octanol–water partition coefficient (Wildman–Crippen LogP) is 2.65. The molecule has 2 nitrogen and oxygen atoms in total. The average Bonchev–Trinajstić information content (AvgIpc) is 2.67. The lowest BCUT2D eigenvalue weighted by molar-refractivity contribution is 0.0852. The van der Waals surface area contributed by atoms with E-state index in [9.17, 15) is 0 Å². The van der Waals surface area contributed by atoms with E-state index in [0.29, 0.717) is 6.54 Å². The van der Waals surface area contributed by atoms with Gasteiger partial charge >= 0.3 is 0 Å². The Bertz CT molecular complexity index is 329. The molecule has 0 aromatic heterocycles. The van der Waals surface area contributed by atoms with E-state index in [1.165, 1.54) is 18.4 Å². The number of hydrogen-bond acceptors (Lipinski definition) is 2. The molecule has 1 aromatic carbocycles. The van der Waals surface area contributed by atoms with Gasteiger partial charge in [0.15, 0.2) is 0 Å². The van der Waals surface area contributed by atoms with E-state index in [1.54, 1.807) is 0 Å². The van der Waals surface area contributed by atoms with Gasteiger partial charge in [0.1, 0.15) is 11.4 Å². The zero-order valence-corrected chi connectivity index (χ0v) is 9.33. The average molecular weight is 205 g/mol. The minimum atomic E-state index is -0.0895. The standard InChI is InChI=1S/C13H19NO/c1-11-5-4-6-12(9-11)15-13(10-14)7-2-3-8-13/h4-6,9H,2-3,7-8,10,14H2,1H3. The highest BCUT2D eigenvalue weighted by atomic mass is 16.5. The van der Waals surface area contributed by atoms with E-state index in [2.05, 4.69) is 19.1 Å². The first-order valence-electron chi connectivity index (χ1n) is 5.70. The van der Waals surface area contributed by atoms with Crippen LogP contribution in [0, 0.1) is 6.92 Å². The van der Waals surface area contributed by atoms with Crippen molar-refractivity contribution >= 4 is 0 Å². The van der Waals surface area contributed by atoms with Crippen LogP contribution < -0.4 is 10.5 Å². The van der Waals surface area contributed by atoms with Crippen LogP contribution in [-0.4, -0.2) is 12.1 Å². The SMILES string of the molecule is Cc1cccc(OC2(CN)CCCC2)c1. The fraction of sp³-hybridized carbons (Fsp3) is 0.538. The lowest BCUT2D eigenvalue weighted by Crippen LogP contribution is -2.40. The first kappa shape index (κ1) is 10.5. The second-order valence-corrected chi connectivity index (χ2v) is 4.51. The molecule has 15 heavy (non-hydrogen) atoms. The Morgan fingerprint density at radius 3 is 2.67 bits per heavy atom. The smallest absolute Gasteiger partial charge is 0.121 e. The van der Waals surface area contributed by atoms with Crippen molar-refractivity contribution in [1.82, 2.24) is 0 Å². The largest absolute Gasteiger partial charge is 0.486 e. The van der Waals surface area contributed by atoms with Gasteiger partial charge in [-0.25, -0.2) is 0 Å². The minimum absolute atomic E-state index is 0.0895. The maximum Gasteiger partial charge on any atom is 0.121 e. The number of benzene rings is 1. The van der Waals surface area contributed by atoms with Crippen LogP contribution in [0.15, 0.2) is 24.3 Å². The summed E-state index contributed by atoms with van der Waals surface area (Å²) in [6.45, 7) is 2.71. The summed E-state index contributed by atoms with van der Waals surface area (Å²) in [6, 6.07) is 8.21. The number of nitrogens with two attached hydrogens (primary N) is 1. The van der Waals surface area contributed by atoms with E-state index in [0.717, 1.165) is 18.6 Å². The second kappa shape index (κ2) is 4.23. The molecule has 0 unspecified atom stereocenters. The maximum absolute atomic E-state index is 6.07. The summed E-state index contributed by atoms with van der Waals surface area (Å²) < 4.78 is 6.07. The molecule has 1 aliphatic carbocycles. The Kier molecular flexibility index (Phi) is 2.96. The van der Waals surface area contributed by atoms with Crippen molar-refractivity contribution in [2.45, 2.75) is 38.2 Å². The zero-order valence-electron chi connectivity index (χ0n) is 9.33. The van der Waals surface area contributed by atoms with Crippen LogP contribution in [0.3, 0.4) is 0 Å². The molecule has 0 heterocycles. The minimum Gasteiger partial charge on any atom is -0.486 e. The van der Waals surface area contributed by atoms with Gasteiger partial charge in [0, 0.05) is 6.54 Å². The maximum atomic E-state index is 6.07. The van der Waals surface area contributed by atoms with Gasteiger partial charge in [-0.1, -0.05) is 12.1 Å². The Hall–Kier alpha value is -1.02. The topological polar surface area (TPSA) is 35.2 Å².